The maximum atomic E-state index is 12.3. The Kier molecular flexibility index (Phi) is 5.13. The molecule has 0 bridgehead atoms. The van der Waals surface area contributed by atoms with E-state index in [1.807, 2.05) is 6.20 Å². The first kappa shape index (κ1) is 15.5. The van der Waals surface area contributed by atoms with Crippen LogP contribution in [0.4, 0.5) is 5.69 Å². The quantitative estimate of drug-likeness (QED) is 0.854. The van der Waals surface area contributed by atoms with E-state index in [1.165, 1.54) is 45.1 Å². The van der Waals surface area contributed by atoms with Crippen molar-refractivity contribution >= 4 is 5.69 Å². The fraction of sp³-hybridized carbons (Fsp3) is 0.765. The second-order valence-corrected chi connectivity index (χ2v) is 6.74. The van der Waals surface area contributed by atoms with E-state index >= 15 is 0 Å². The molecule has 2 aliphatic rings. The van der Waals surface area contributed by atoms with Gasteiger partial charge in [0.15, 0.2) is 0 Å². The third-order valence-electron chi connectivity index (χ3n) is 5.17. The summed E-state index contributed by atoms with van der Waals surface area (Å²) in [5, 5.41) is 4.41. The van der Waals surface area contributed by atoms with Gasteiger partial charge in [-0.1, -0.05) is 6.42 Å². The number of aromatic nitrogens is 2. The fourth-order valence-corrected chi connectivity index (χ4v) is 3.70. The molecule has 1 unspecified atom stereocenters. The molecule has 3 rings (SSSR count). The van der Waals surface area contributed by atoms with Crippen LogP contribution in [0.15, 0.2) is 17.1 Å². The molecular formula is C17H28N4O. The zero-order valence-corrected chi connectivity index (χ0v) is 13.7. The summed E-state index contributed by atoms with van der Waals surface area (Å²) in [5.41, 5.74) is 1.04. The SMILES string of the molecule is CN1CCCCC1CCn1ncc(N2CCCCC2)cc1=O. The molecule has 0 spiro atoms. The largest absolute Gasteiger partial charge is 0.370 e. The standard InChI is InChI=1S/C17H28N4O/c1-19-9-6-3-7-15(19)8-12-21-17(22)13-16(14-18-21)20-10-4-2-5-11-20/h13-15H,2-12H2,1H3. The molecule has 1 aromatic rings. The molecule has 0 amide bonds. The number of likely N-dealkylation sites (tertiary alicyclic amines) is 1. The van der Waals surface area contributed by atoms with Crippen molar-refractivity contribution in [2.45, 2.75) is 57.5 Å². The van der Waals surface area contributed by atoms with E-state index < -0.39 is 0 Å². The van der Waals surface area contributed by atoms with Gasteiger partial charge in [-0.05, 0) is 52.1 Å². The number of hydrogen-bond donors (Lipinski definition) is 0. The zero-order chi connectivity index (χ0) is 15.4. The van der Waals surface area contributed by atoms with Gasteiger partial charge >= 0.3 is 0 Å². The Bertz CT molecular complexity index is 536. The van der Waals surface area contributed by atoms with Crippen LogP contribution in [0.1, 0.15) is 44.9 Å². The minimum Gasteiger partial charge on any atom is -0.370 e. The van der Waals surface area contributed by atoms with Gasteiger partial charge < -0.3 is 9.80 Å². The number of rotatable bonds is 4. The number of nitrogens with zero attached hydrogens (tertiary/aromatic N) is 4. The Morgan fingerprint density at radius 1 is 1.14 bits per heavy atom. The van der Waals surface area contributed by atoms with E-state index in [0.29, 0.717) is 6.04 Å². The molecule has 1 atom stereocenters. The fourth-order valence-electron chi connectivity index (χ4n) is 3.70. The van der Waals surface area contributed by atoms with E-state index in [1.54, 1.807) is 10.7 Å². The molecule has 0 aliphatic carbocycles. The normalized spacial score (nSPS) is 23.7. The molecule has 2 fully saturated rings. The lowest BCUT2D eigenvalue weighted by atomic mass is 10.0. The predicted molar refractivity (Wildman–Crippen MR) is 89.4 cm³/mol. The molecule has 1 aromatic heterocycles. The van der Waals surface area contributed by atoms with Crippen molar-refractivity contribution in [1.29, 1.82) is 0 Å². The van der Waals surface area contributed by atoms with Crippen LogP contribution in [0.5, 0.6) is 0 Å². The van der Waals surface area contributed by atoms with E-state index in [2.05, 4.69) is 21.9 Å². The zero-order valence-electron chi connectivity index (χ0n) is 13.7. The number of piperidine rings is 2. The molecule has 0 N–H and O–H groups in total. The molecular weight excluding hydrogens is 276 g/mol. The topological polar surface area (TPSA) is 41.4 Å². The molecule has 2 aliphatic heterocycles. The highest BCUT2D eigenvalue weighted by molar-refractivity contribution is 5.43. The van der Waals surface area contributed by atoms with Crippen LogP contribution in [0.3, 0.4) is 0 Å². The van der Waals surface area contributed by atoms with Crippen molar-refractivity contribution < 1.29 is 0 Å². The molecule has 0 aromatic carbocycles. The summed E-state index contributed by atoms with van der Waals surface area (Å²) in [7, 11) is 2.19. The summed E-state index contributed by atoms with van der Waals surface area (Å²) < 4.78 is 1.63. The molecule has 3 heterocycles. The van der Waals surface area contributed by atoms with E-state index in [9.17, 15) is 4.79 Å². The van der Waals surface area contributed by atoms with Gasteiger partial charge in [0.1, 0.15) is 0 Å². The van der Waals surface area contributed by atoms with Crippen LogP contribution in [-0.2, 0) is 6.54 Å². The van der Waals surface area contributed by atoms with Gasteiger partial charge in [-0.3, -0.25) is 4.79 Å². The van der Waals surface area contributed by atoms with Crippen molar-refractivity contribution in [3.05, 3.63) is 22.6 Å². The lowest BCUT2D eigenvalue weighted by Gasteiger charge is -2.32. The molecule has 5 heteroatoms. The predicted octanol–water partition coefficient (Wildman–Crippen LogP) is 2.11. The maximum Gasteiger partial charge on any atom is 0.268 e. The van der Waals surface area contributed by atoms with Crippen molar-refractivity contribution in [3.8, 4) is 0 Å². The Morgan fingerprint density at radius 3 is 2.64 bits per heavy atom. The van der Waals surface area contributed by atoms with Gasteiger partial charge in [0.25, 0.3) is 5.56 Å². The highest BCUT2D eigenvalue weighted by atomic mass is 16.1. The Balaban J connectivity index is 1.61. The first-order valence-corrected chi connectivity index (χ1v) is 8.76. The van der Waals surface area contributed by atoms with Crippen molar-refractivity contribution in [2.24, 2.45) is 0 Å². The summed E-state index contributed by atoms with van der Waals surface area (Å²) >= 11 is 0. The van der Waals surface area contributed by atoms with Crippen LogP contribution in [-0.4, -0.2) is 47.4 Å². The van der Waals surface area contributed by atoms with Gasteiger partial charge in [-0.2, -0.15) is 5.10 Å². The summed E-state index contributed by atoms with van der Waals surface area (Å²) in [6, 6.07) is 2.37. The number of hydrogen-bond acceptors (Lipinski definition) is 4. The van der Waals surface area contributed by atoms with Gasteiger partial charge in [0.05, 0.1) is 11.9 Å². The third kappa shape index (κ3) is 3.69. The van der Waals surface area contributed by atoms with Crippen LogP contribution in [0, 0.1) is 0 Å². The Hall–Kier alpha value is -1.36. The lowest BCUT2D eigenvalue weighted by molar-refractivity contribution is 0.169. The van der Waals surface area contributed by atoms with E-state index in [4.69, 9.17) is 0 Å². The lowest BCUT2D eigenvalue weighted by Crippen LogP contribution is -2.38. The molecule has 0 saturated carbocycles. The minimum atomic E-state index is 0.0431. The van der Waals surface area contributed by atoms with Gasteiger partial charge in [-0.25, -0.2) is 4.68 Å². The van der Waals surface area contributed by atoms with Crippen molar-refractivity contribution in [1.82, 2.24) is 14.7 Å². The first-order valence-electron chi connectivity index (χ1n) is 8.76. The maximum absolute atomic E-state index is 12.3. The van der Waals surface area contributed by atoms with Gasteiger partial charge in [0.2, 0.25) is 0 Å². The number of anilines is 1. The number of aryl methyl sites for hydroxylation is 1. The summed E-state index contributed by atoms with van der Waals surface area (Å²) in [5.74, 6) is 0. The Morgan fingerprint density at radius 2 is 1.91 bits per heavy atom. The van der Waals surface area contributed by atoms with Crippen molar-refractivity contribution in [2.75, 3.05) is 31.6 Å². The molecule has 122 valence electrons. The average molecular weight is 304 g/mol. The van der Waals surface area contributed by atoms with E-state index in [-0.39, 0.29) is 5.56 Å². The van der Waals surface area contributed by atoms with Crippen LogP contribution >= 0.6 is 0 Å². The van der Waals surface area contributed by atoms with Crippen molar-refractivity contribution in [3.63, 3.8) is 0 Å². The molecule has 0 radical (unpaired) electrons. The average Bonchev–Trinajstić information content (AvgIpc) is 2.56. The third-order valence-corrected chi connectivity index (χ3v) is 5.17. The smallest absolute Gasteiger partial charge is 0.268 e. The second kappa shape index (κ2) is 7.27. The monoisotopic (exact) mass is 304 g/mol. The highest BCUT2D eigenvalue weighted by Crippen LogP contribution is 2.19. The summed E-state index contributed by atoms with van der Waals surface area (Å²) in [4.78, 5) is 17.0. The molecule has 22 heavy (non-hydrogen) atoms. The minimum absolute atomic E-state index is 0.0431. The van der Waals surface area contributed by atoms with Gasteiger partial charge in [-0.15, -0.1) is 0 Å². The van der Waals surface area contributed by atoms with Gasteiger partial charge in [0, 0.05) is 31.7 Å². The highest BCUT2D eigenvalue weighted by Gasteiger charge is 2.19. The molecule has 5 nitrogen and oxygen atoms in total. The van der Waals surface area contributed by atoms with Crippen LogP contribution in [0.25, 0.3) is 0 Å². The summed E-state index contributed by atoms with van der Waals surface area (Å²) in [6.07, 6.45) is 10.5. The second-order valence-electron chi connectivity index (χ2n) is 6.74. The van der Waals surface area contributed by atoms with Crippen LogP contribution in [0.2, 0.25) is 0 Å². The first-order chi connectivity index (χ1) is 10.7. The van der Waals surface area contributed by atoms with Crippen LogP contribution < -0.4 is 10.5 Å². The molecule has 2 saturated heterocycles. The van der Waals surface area contributed by atoms with E-state index in [0.717, 1.165) is 31.7 Å². The Labute approximate surface area is 132 Å². The summed E-state index contributed by atoms with van der Waals surface area (Å²) in [6.45, 7) is 4.02.